The number of nitrogens with zero attached hydrogens (tertiary/aromatic N) is 1. The molecule has 0 saturated heterocycles. The molecule has 1 N–H and O–H groups in total. The van der Waals surface area contributed by atoms with Gasteiger partial charge in [-0.1, -0.05) is 60.1 Å². The van der Waals surface area contributed by atoms with Gasteiger partial charge in [0.25, 0.3) is 11.8 Å². The fraction of sp³-hybridized carbons (Fsp3) is 0.111. The summed E-state index contributed by atoms with van der Waals surface area (Å²) in [6, 6.07) is 18.1. The van der Waals surface area contributed by atoms with E-state index in [1.165, 1.54) is 4.90 Å². The van der Waals surface area contributed by atoms with Gasteiger partial charge in [0, 0.05) is 5.69 Å². The summed E-state index contributed by atoms with van der Waals surface area (Å²) in [5.41, 5.74) is 1.70. The molecule has 1 atom stereocenters. The van der Waals surface area contributed by atoms with Gasteiger partial charge in [0.15, 0.2) is 0 Å². The van der Waals surface area contributed by atoms with Gasteiger partial charge in [-0.3, -0.25) is 14.5 Å². The summed E-state index contributed by atoms with van der Waals surface area (Å²) in [5, 5.41) is 2.86. The van der Waals surface area contributed by atoms with Crippen LogP contribution in [-0.4, -0.2) is 16.7 Å². The van der Waals surface area contributed by atoms with Crippen LogP contribution in [0.5, 0.6) is 0 Å². The first-order valence-corrected chi connectivity index (χ1v) is 7.62. The first-order valence-electron chi connectivity index (χ1n) is 7.24. The van der Waals surface area contributed by atoms with Crippen LogP contribution >= 0.6 is 11.6 Å². The topological polar surface area (TPSA) is 49.4 Å². The number of imide groups is 1. The second kappa shape index (κ2) is 6.26. The van der Waals surface area contributed by atoms with Crippen molar-refractivity contribution in [1.29, 1.82) is 0 Å². The second-order valence-corrected chi connectivity index (χ2v) is 5.62. The second-order valence-electron chi connectivity index (χ2n) is 5.25. The number of hydrogen-bond acceptors (Lipinski definition) is 3. The highest BCUT2D eigenvalue weighted by atomic mass is 35.5. The molecule has 4 nitrogen and oxygen atoms in total. The summed E-state index contributed by atoms with van der Waals surface area (Å²) in [4.78, 5) is 26.2. The molecule has 2 amide bonds. The Balaban J connectivity index is 1.87. The monoisotopic (exact) mass is 326 g/mol. The van der Waals surface area contributed by atoms with E-state index in [2.05, 4.69) is 5.32 Å². The number of anilines is 1. The molecule has 3 rings (SSSR count). The molecule has 2 aromatic rings. The first-order chi connectivity index (χ1) is 11.1. The Bertz CT molecular complexity index is 772. The number of amides is 2. The summed E-state index contributed by atoms with van der Waals surface area (Å²) in [7, 11) is 0. The number of carbonyl (C=O) groups is 2. The van der Waals surface area contributed by atoms with Gasteiger partial charge < -0.3 is 5.32 Å². The van der Waals surface area contributed by atoms with E-state index in [1.54, 1.807) is 19.1 Å². The van der Waals surface area contributed by atoms with Gasteiger partial charge in [-0.15, -0.1) is 0 Å². The molecular formula is C18H15ClN2O2. The third-order valence-corrected chi connectivity index (χ3v) is 4.12. The predicted octanol–water partition coefficient (Wildman–Crippen LogP) is 3.68. The number of para-hydroxylation sites is 1. The summed E-state index contributed by atoms with van der Waals surface area (Å²) in [5.74, 6) is -0.897. The van der Waals surface area contributed by atoms with E-state index in [0.717, 1.165) is 5.56 Å². The smallest absolute Gasteiger partial charge is 0.279 e. The molecule has 0 bridgehead atoms. The lowest BCUT2D eigenvalue weighted by molar-refractivity contribution is -0.139. The van der Waals surface area contributed by atoms with Crippen LogP contribution in [0, 0.1) is 0 Å². The third kappa shape index (κ3) is 2.85. The van der Waals surface area contributed by atoms with Crippen LogP contribution in [0.3, 0.4) is 0 Å². The molecule has 2 aromatic carbocycles. The van der Waals surface area contributed by atoms with Crippen molar-refractivity contribution < 1.29 is 9.59 Å². The van der Waals surface area contributed by atoms with E-state index in [-0.39, 0.29) is 16.8 Å². The number of carbonyl (C=O) groups excluding carboxylic acids is 2. The molecule has 23 heavy (non-hydrogen) atoms. The van der Waals surface area contributed by atoms with Crippen LogP contribution in [0.1, 0.15) is 18.5 Å². The minimum atomic E-state index is -0.480. The quantitative estimate of drug-likeness (QED) is 0.872. The lowest BCUT2D eigenvalue weighted by Crippen LogP contribution is -2.34. The average Bonchev–Trinajstić information content (AvgIpc) is 2.80. The van der Waals surface area contributed by atoms with Crippen LogP contribution < -0.4 is 5.32 Å². The molecule has 1 heterocycles. The lowest BCUT2D eigenvalue weighted by Gasteiger charge is -2.23. The lowest BCUT2D eigenvalue weighted by atomic mass is 10.1. The summed E-state index contributed by atoms with van der Waals surface area (Å²) >= 11 is 6.10. The highest BCUT2D eigenvalue weighted by molar-refractivity contribution is 6.48. The van der Waals surface area contributed by atoms with Gasteiger partial charge >= 0.3 is 0 Å². The number of nitrogens with one attached hydrogen (secondary N) is 1. The molecule has 0 radical (unpaired) electrons. The van der Waals surface area contributed by atoms with E-state index < -0.39 is 11.8 Å². The van der Waals surface area contributed by atoms with Crippen molar-refractivity contribution >= 4 is 29.1 Å². The minimum Gasteiger partial charge on any atom is -0.350 e. The maximum absolute atomic E-state index is 12.6. The highest BCUT2D eigenvalue weighted by Crippen LogP contribution is 2.32. The van der Waals surface area contributed by atoms with Crippen molar-refractivity contribution in [2.75, 3.05) is 5.32 Å². The fourth-order valence-corrected chi connectivity index (χ4v) is 2.74. The van der Waals surface area contributed by atoms with Crippen molar-refractivity contribution in [1.82, 2.24) is 4.90 Å². The summed E-state index contributed by atoms with van der Waals surface area (Å²) in [6.45, 7) is 1.81. The molecule has 1 aliphatic rings. The zero-order chi connectivity index (χ0) is 16.4. The number of hydrogen-bond donors (Lipinski definition) is 1. The highest BCUT2D eigenvalue weighted by Gasteiger charge is 2.40. The van der Waals surface area contributed by atoms with Crippen LogP contribution in [0.4, 0.5) is 5.69 Å². The van der Waals surface area contributed by atoms with Crippen molar-refractivity contribution in [3.05, 3.63) is 77.0 Å². The SMILES string of the molecule is CC(c1ccccc1)N1C(=O)C(Cl)=C(Nc2ccccc2)C1=O. The Morgan fingerprint density at radius 2 is 1.48 bits per heavy atom. The number of rotatable bonds is 4. The van der Waals surface area contributed by atoms with Crippen molar-refractivity contribution in [2.45, 2.75) is 13.0 Å². The molecular weight excluding hydrogens is 312 g/mol. The Morgan fingerprint density at radius 1 is 0.913 bits per heavy atom. The maximum Gasteiger partial charge on any atom is 0.279 e. The van der Waals surface area contributed by atoms with Crippen LogP contribution in [0.25, 0.3) is 0 Å². The van der Waals surface area contributed by atoms with Gasteiger partial charge in [0.1, 0.15) is 10.7 Å². The maximum atomic E-state index is 12.6. The predicted molar refractivity (Wildman–Crippen MR) is 89.7 cm³/mol. The van der Waals surface area contributed by atoms with E-state index in [9.17, 15) is 9.59 Å². The van der Waals surface area contributed by atoms with Crippen molar-refractivity contribution in [3.8, 4) is 0 Å². The van der Waals surface area contributed by atoms with E-state index >= 15 is 0 Å². The van der Waals surface area contributed by atoms with Gasteiger partial charge in [0.05, 0.1) is 6.04 Å². The third-order valence-electron chi connectivity index (χ3n) is 3.77. The van der Waals surface area contributed by atoms with Crippen molar-refractivity contribution in [2.24, 2.45) is 0 Å². The molecule has 0 aliphatic carbocycles. The van der Waals surface area contributed by atoms with Gasteiger partial charge in [-0.25, -0.2) is 0 Å². The Labute approximate surface area is 139 Å². The van der Waals surface area contributed by atoms with Crippen molar-refractivity contribution in [3.63, 3.8) is 0 Å². The molecule has 1 aliphatic heterocycles. The summed E-state index contributed by atoms with van der Waals surface area (Å²) < 4.78 is 0. The van der Waals surface area contributed by atoms with Crippen LogP contribution in [-0.2, 0) is 9.59 Å². The van der Waals surface area contributed by atoms with Gasteiger partial charge in [-0.2, -0.15) is 0 Å². The largest absolute Gasteiger partial charge is 0.350 e. The average molecular weight is 327 g/mol. The molecule has 116 valence electrons. The molecule has 0 spiro atoms. The first kappa shape index (κ1) is 15.3. The normalized spacial score (nSPS) is 16.0. The molecule has 5 heteroatoms. The molecule has 0 fully saturated rings. The Kier molecular flexibility index (Phi) is 4.17. The zero-order valence-corrected chi connectivity index (χ0v) is 13.2. The Hall–Kier alpha value is -2.59. The van der Waals surface area contributed by atoms with Crippen LogP contribution in [0.2, 0.25) is 0 Å². The Morgan fingerprint density at radius 3 is 2.09 bits per heavy atom. The van der Waals surface area contributed by atoms with Crippen LogP contribution in [0.15, 0.2) is 71.4 Å². The molecule has 0 aromatic heterocycles. The van der Waals surface area contributed by atoms with E-state index in [1.807, 2.05) is 48.5 Å². The zero-order valence-electron chi connectivity index (χ0n) is 12.5. The number of benzene rings is 2. The van der Waals surface area contributed by atoms with E-state index in [4.69, 9.17) is 11.6 Å². The molecule has 1 unspecified atom stereocenters. The standard InChI is InChI=1S/C18H15ClN2O2/c1-12(13-8-4-2-5-9-13)21-17(22)15(19)16(18(21)23)20-14-10-6-3-7-11-14/h2-12,20H,1H3. The summed E-state index contributed by atoms with van der Waals surface area (Å²) in [6.07, 6.45) is 0. The van der Waals surface area contributed by atoms with Gasteiger partial charge in [-0.05, 0) is 24.6 Å². The molecule has 0 saturated carbocycles. The van der Waals surface area contributed by atoms with E-state index in [0.29, 0.717) is 5.69 Å². The fourth-order valence-electron chi connectivity index (χ4n) is 2.53. The number of halogens is 1. The van der Waals surface area contributed by atoms with Gasteiger partial charge in [0.2, 0.25) is 0 Å². The minimum absolute atomic E-state index is 0.0818.